The quantitative estimate of drug-likeness (QED) is 0.866. The van der Waals surface area contributed by atoms with Gasteiger partial charge in [0.05, 0.1) is 23.7 Å². The third-order valence-electron chi connectivity index (χ3n) is 2.82. The summed E-state index contributed by atoms with van der Waals surface area (Å²) < 4.78 is 30.5. The molecule has 3 nitrogen and oxygen atoms in total. The Morgan fingerprint density at radius 1 is 1.42 bits per heavy atom. The average molecular weight is 310 g/mol. The van der Waals surface area contributed by atoms with Crippen LogP contribution in [0.1, 0.15) is 12.0 Å². The van der Waals surface area contributed by atoms with Gasteiger partial charge in [0.25, 0.3) is 0 Å². The van der Waals surface area contributed by atoms with Crippen molar-refractivity contribution in [3.8, 4) is 0 Å². The van der Waals surface area contributed by atoms with E-state index in [1.54, 1.807) is 19.1 Å². The van der Waals surface area contributed by atoms with E-state index < -0.39 is 24.4 Å². The smallest absolute Gasteiger partial charge is 0.377 e. The van der Waals surface area contributed by atoms with Crippen LogP contribution in [0.2, 0.25) is 10.0 Å². The highest BCUT2D eigenvalue weighted by Gasteiger charge is 2.50. The molecule has 0 spiro atoms. The van der Waals surface area contributed by atoms with Crippen LogP contribution < -0.4 is 5.32 Å². The van der Waals surface area contributed by atoms with Gasteiger partial charge < -0.3 is 10.1 Å². The minimum Gasteiger partial charge on any atom is -0.456 e. The molecule has 19 heavy (non-hydrogen) atoms. The van der Waals surface area contributed by atoms with Gasteiger partial charge in [0, 0.05) is 5.02 Å². The lowest BCUT2D eigenvalue weighted by Crippen LogP contribution is -2.22. The van der Waals surface area contributed by atoms with Gasteiger partial charge in [-0.25, -0.2) is 4.79 Å². The number of hydrogen-bond donors (Lipinski definition) is 1. The van der Waals surface area contributed by atoms with Crippen LogP contribution in [0.4, 0.5) is 14.5 Å². The number of esters is 1. The molecule has 0 amide bonds. The van der Waals surface area contributed by atoms with Gasteiger partial charge in [0.15, 0.2) is 0 Å². The summed E-state index contributed by atoms with van der Waals surface area (Å²) in [6.45, 7) is 1.86. The fourth-order valence-electron chi connectivity index (χ4n) is 1.77. The second-order valence-electron chi connectivity index (χ2n) is 4.40. The number of aryl methyl sites for hydroxylation is 1. The molecule has 1 N–H and O–H groups in total. The number of anilines is 1. The van der Waals surface area contributed by atoms with Crippen LogP contribution in [0.3, 0.4) is 0 Å². The minimum absolute atomic E-state index is 0.0560. The van der Waals surface area contributed by atoms with E-state index in [0.717, 1.165) is 5.56 Å². The number of cyclic esters (lactones) is 1. The van der Waals surface area contributed by atoms with Crippen molar-refractivity contribution in [1.82, 2.24) is 0 Å². The molecule has 0 bridgehead atoms. The van der Waals surface area contributed by atoms with Crippen molar-refractivity contribution in [2.24, 2.45) is 0 Å². The first-order valence-corrected chi connectivity index (χ1v) is 6.33. The second-order valence-corrected chi connectivity index (χ2v) is 5.21. The zero-order valence-corrected chi connectivity index (χ0v) is 11.5. The predicted octanol–water partition coefficient (Wildman–Crippen LogP) is 3.66. The Bertz CT molecular complexity index is 523. The monoisotopic (exact) mass is 309 g/mol. The molecule has 1 aromatic rings. The molecule has 1 aliphatic heterocycles. The normalized spacial score (nSPS) is 21.3. The third-order valence-corrected chi connectivity index (χ3v) is 3.54. The summed E-state index contributed by atoms with van der Waals surface area (Å²) in [4.78, 5) is 10.8. The van der Waals surface area contributed by atoms with Gasteiger partial charge in [-0.1, -0.05) is 23.2 Å². The van der Waals surface area contributed by atoms with Crippen LogP contribution in [0.5, 0.6) is 0 Å². The molecule has 1 atom stereocenters. The maximum absolute atomic E-state index is 13.0. The minimum atomic E-state index is -3.40. The number of alkyl halides is 2. The molecule has 1 saturated heterocycles. The van der Waals surface area contributed by atoms with E-state index in [1.165, 1.54) is 0 Å². The highest BCUT2D eigenvalue weighted by Crippen LogP contribution is 2.32. The van der Waals surface area contributed by atoms with Crippen molar-refractivity contribution < 1.29 is 18.3 Å². The number of halogens is 4. The van der Waals surface area contributed by atoms with Gasteiger partial charge in [0.1, 0.15) is 6.10 Å². The summed E-state index contributed by atoms with van der Waals surface area (Å²) in [7, 11) is 0. The topological polar surface area (TPSA) is 38.3 Å². The Balaban J connectivity index is 2.01. The average Bonchev–Trinajstić information content (AvgIpc) is 2.56. The Labute approximate surface area is 118 Å². The predicted molar refractivity (Wildman–Crippen MR) is 69.1 cm³/mol. The Hall–Kier alpha value is -1.07. The molecule has 104 valence electrons. The first-order chi connectivity index (χ1) is 8.79. The molecule has 1 aliphatic rings. The highest BCUT2D eigenvalue weighted by molar-refractivity contribution is 6.35. The number of rotatable bonds is 3. The summed E-state index contributed by atoms with van der Waals surface area (Å²) >= 11 is 11.9. The van der Waals surface area contributed by atoms with Crippen LogP contribution in [0.25, 0.3) is 0 Å². The lowest BCUT2D eigenvalue weighted by Gasteiger charge is -2.13. The zero-order valence-electron chi connectivity index (χ0n) is 9.97. The Morgan fingerprint density at radius 3 is 2.68 bits per heavy atom. The highest BCUT2D eigenvalue weighted by atomic mass is 35.5. The first kappa shape index (κ1) is 14.3. The van der Waals surface area contributed by atoms with Crippen LogP contribution in [-0.2, 0) is 9.53 Å². The molecule has 2 rings (SSSR count). The van der Waals surface area contributed by atoms with Gasteiger partial charge in [0.2, 0.25) is 0 Å². The van der Waals surface area contributed by atoms with E-state index in [4.69, 9.17) is 23.2 Å². The fraction of sp³-hybridized carbons (Fsp3) is 0.417. The first-order valence-electron chi connectivity index (χ1n) is 5.58. The van der Waals surface area contributed by atoms with Gasteiger partial charge >= 0.3 is 11.9 Å². The van der Waals surface area contributed by atoms with Crippen LogP contribution in [0.15, 0.2) is 12.1 Å². The molecular weight excluding hydrogens is 299 g/mol. The Kier molecular flexibility index (Phi) is 3.87. The SMILES string of the molecule is Cc1cc(Cl)c(NCC2CC(F)(F)C(=O)O2)cc1Cl. The molecular formula is C12H11Cl2F2NO2. The van der Waals surface area contributed by atoms with Crippen molar-refractivity contribution in [2.45, 2.75) is 25.4 Å². The second kappa shape index (κ2) is 5.13. The fourth-order valence-corrected chi connectivity index (χ4v) is 2.22. The standard InChI is InChI=1S/C12H11Cl2F2NO2/c1-6-2-9(14)10(3-8(6)13)17-5-7-4-12(15,16)11(18)19-7/h2-3,7,17H,4-5H2,1H3. The van der Waals surface area contributed by atoms with Gasteiger partial charge in [-0.05, 0) is 24.6 Å². The Morgan fingerprint density at radius 2 is 2.11 bits per heavy atom. The maximum Gasteiger partial charge on any atom is 0.377 e. The zero-order chi connectivity index (χ0) is 14.2. The third kappa shape index (κ3) is 3.09. The van der Waals surface area contributed by atoms with Crippen molar-refractivity contribution in [3.05, 3.63) is 27.7 Å². The van der Waals surface area contributed by atoms with E-state index >= 15 is 0 Å². The number of hydrogen-bond acceptors (Lipinski definition) is 3. The van der Waals surface area contributed by atoms with Crippen LogP contribution in [-0.4, -0.2) is 24.5 Å². The molecule has 0 saturated carbocycles. The number of nitrogens with one attached hydrogen (secondary N) is 1. The lowest BCUT2D eigenvalue weighted by molar-refractivity contribution is -0.158. The van der Waals surface area contributed by atoms with Gasteiger partial charge in [-0.15, -0.1) is 0 Å². The van der Waals surface area contributed by atoms with Crippen LogP contribution in [0, 0.1) is 6.92 Å². The van der Waals surface area contributed by atoms with Crippen molar-refractivity contribution in [1.29, 1.82) is 0 Å². The summed E-state index contributed by atoms with van der Waals surface area (Å²) in [6, 6.07) is 3.27. The largest absolute Gasteiger partial charge is 0.456 e. The molecule has 0 radical (unpaired) electrons. The van der Waals surface area contributed by atoms with E-state index in [1.807, 2.05) is 0 Å². The maximum atomic E-state index is 13.0. The van der Waals surface area contributed by atoms with E-state index in [-0.39, 0.29) is 6.54 Å². The summed E-state index contributed by atoms with van der Waals surface area (Å²) in [6.07, 6.45) is -1.51. The molecule has 7 heteroatoms. The van der Waals surface area contributed by atoms with E-state index in [9.17, 15) is 13.6 Å². The number of carbonyl (C=O) groups excluding carboxylic acids is 1. The molecule has 0 aromatic heterocycles. The van der Waals surface area contributed by atoms with Crippen molar-refractivity contribution in [2.75, 3.05) is 11.9 Å². The van der Waals surface area contributed by atoms with Gasteiger partial charge in [-0.2, -0.15) is 8.78 Å². The molecule has 1 fully saturated rings. The lowest BCUT2D eigenvalue weighted by atomic mass is 10.2. The summed E-state index contributed by atoms with van der Waals surface area (Å²) in [5.74, 6) is -4.88. The summed E-state index contributed by atoms with van der Waals surface area (Å²) in [5.41, 5.74) is 1.33. The molecule has 1 unspecified atom stereocenters. The van der Waals surface area contributed by atoms with E-state index in [2.05, 4.69) is 10.1 Å². The number of carbonyl (C=O) groups is 1. The number of ether oxygens (including phenoxy) is 1. The molecule has 0 aliphatic carbocycles. The molecule has 1 heterocycles. The number of benzene rings is 1. The van der Waals surface area contributed by atoms with Crippen LogP contribution >= 0.6 is 23.2 Å². The van der Waals surface area contributed by atoms with Crippen molar-refractivity contribution in [3.63, 3.8) is 0 Å². The van der Waals surface area contributed by atoms with Crippen molar-refractivity contribution >= 4 is 34.9 Å². The summed E-state index contributed by atoms with van der Waals surface area (Å²) in [5, 5.41) is 3.80. The van der Waals surface area contributed by atoms with E-state index in [0.29, 0.717) is 15.7 Å². The molecule has 1 aromatic carbocycles. The van der Waals surface area contributed by atoms with Gasteiger partial charge in [-0.3, -0.25) is 0 Å².